The molecule has 1 aromatic carbocycles. The van der Waals surface area contributed by atoms with Gasteiger partial charge >= 0.3 is 0 Å². The molecule has 2 aliphatic rings. The summed E-state index contributed by atoms with van der Waals surface area (Å²) < 4.78 is 1.26. The number of nitrogens with one attached hydrogen (secondary N) is 1. The van der Waals surface area contributed by atoms with Crippen LogP contribution in [0.5, 0.6) is 0 Å². The monoisotopic (exact) mass is 353 g/mol. The Bertz CT molecular complexity index is 857. The van der Waals surface area contributed by atoms with Gasteiger partial charge in [-0.25, -0.2) is 4.68 Å². The van der Waals surface area contributed by atoms with Gasteiger partial charge in [0.2, 0.25) is 5.91 Å². The Balaban J connectivity index is 1.44. The Kier molecular flexibility index (Phi) is 4.71. The van der Waals surface area contributed by atoms with Crippen molar-refractivity contribution in [2.75, 3.05) is 37.6 Å². The minimum Gasteiger partial charge on any atom is -0.368 e. The molecule has 2 aromatic rings. The molecular weight excluding hydrogens is 330 g/mol. The first kappa shape index (κ1) is 16.8. The number of rotatable bonds is 3. The number of piperazine rings is 1. The zero-order valence-corrected chi connectivity index (χ0v) is 14.7. The highest BCUT2D eigenvalue weighted by Crippen LogP contribution is 2.18. The van der Waals surface area contributed by atoms with Gasteiger partial charge < -0.3 is 15.1 Å². The fourth-order valence-corrected chi connectivity index (χ4v) is 3.58. The zero-order valence-electron chi connectivity index (χ0n) is 14.7. The number of benzene rings is 1. The smallest absolute Gasteiger partial charge is 0.269 e. The highest BCUT2D eigenvalue weighted by Gasteiger charge is 2.21. The topological polar surface area (TPSA) is 70.5 Å². The minimum absolute atomic E-state index is 0.0111. The molecule has 136 valence electrons. The van der Waals surface area contributed by atoms with Gasteiger partial charge in [0.15, 0.2) is 0 Å². The van der Waals surface area contributed by atoms with Crippen LogP contribution in [0.25, 0.3) is 0 Å². The standard InChI is InChI=1S/C19H23N5O2/c25-18-11-17(22-9-6-20-7-10-22)12-21-24(18)14-19(26)23-8-5-15-3-1-2-4-16(15)13-23/h1-4,11-12,20H,5-10,13-14H2. The lowest BCUT2D eigenvalue weighted by molar-refractivity contribution is -0.133. The maximum absolute atomic E-state index is 12.6. The van der Waals surface area contributed by atoms with Crippen LogP contribution < -0.4 is 15.8 Å². The molecular formula is C19H23N5O2. The second-order valence-electron chi connectivity index (χ2n) is 6.78. The average Bonchev–Trinajstić information content (AvgIpc) is 2.69. The third kappa shape index (κ3) is 3.48. The molecule has 1 aromatic heterocycles. The molecule has 2 aliphatic heterocycles. The molecule has 1 N–H and O–H groups in total. The largest absolute Gasteiger partial charge is 0.368 e. The minimum atomic E-state index is -0.230. The Hall–Kier alpha value is -2.67. The van der Waals surface area contributed by atoms with Crippen LogP contribution in [0.4, 0.5) is 5.69 Å². The molecule has 7 heteroatoms. The summed E-state index contributed by atoms with van der Waals surface area (Å²) in [6.07, 6.45) is 2.54. The van der Waals surface area contributed by atoms with E-state index >= 15 is 0 Å². The van der Waals surface area contributed by atoms with Crippen LogP contribution in [0.1, 0.15) is 11.1 Å². The molecule has 7 nitrogen and oxygen atoms in total. The van der Waals surface area contributed by atoms with E-state index in [1.807, 2.05) is 12.1 Å². The lowest BCUT2D eigenvalue weighted by Gasteiger charge is -2.29. The van der Waals surface area contributed by atoms with Crippen molar-refractivity contribution in [2.24, 2.45) is 0 Å². The van der Waals surface area contributed by atoms with E-state index in [0.717, 1.165) is 38.3 Å². The normalized spacial score (nSPS) is 17.1. The molecule has 1 fully saturated rings. The summed E-state index contributed by atoms with van der Waals surface area (Å²) in [4.78, 5) is 29.0. The van der Waals surface area contributed by atoms with Gasteiger partial charge in [-0.3, -0.25) is 9.59 Å². The van der Waals surface area contributed by atoms with Crippen molar-refractivity contribution in [2.45, 2.75) is 19.5 Å². The number of hydrogen-bond donors (Lipinski definition) is 1. The van der Waals surface area contributed by atoms with Crippen LogP contribution in [0.2, 0.25) is 0 Å². The van der Waals surface area contributed by atoms with Crippen LogP contribution in [-0.4, -0.2) is 53.3 Å². The molecule has 4 rings (SSSR count). The second kappa shape index (κ2) is 7.29. The average molecular weight is 353 g/mol. The van der Waals surface area contributed by atoms with Crippen LogP contribution in [0.15, 0.2) is 41.3 Å². The first-order valence-corrected chi connectivity index (χ1v) is 9.08. The summed E-state index contributed by atoms with van der Waals surface area (Å²) in [7, 11) is 0. The Morgan fingerprint density at radius 1 is 1.12 bits per heavy atom. The first-order valence-electron chi connectivity index (χ1n) is 9.08. The van der Waals surface area contributed by atoms with Gasteiger partial charge in [0, 0.05) is 45.3 Å². The maximum atomic E-state index is 12.6. The van der Waals surface area contributed by atoms with Gasteiger partial charge in [-0.2, -0.15) is 5.10 Å². The van der Waals surface area contributed by atoms with E-state index in [0.29, 0.717) is 13.1 Å². The summed E-state index contributed by atoms with van der Waals surface area (Å²) >= 11 is 0. The van der Waals surface area contributed by atoms with Crippen molar-refractivity contribution in [1.29, 1.82) is 0 Å². The number of nitrogens with zero attached hydrogens (tertiary/aromatic N) is 4. The SMILES string of the molecule is O=C(Cn1ncc(N2CCNCC2)cc1=O)N1CCc2ccccc2C1. The van der Waals surface area contributed by atoms with E-state index in [4.69, 9.17) is 0 Å². The summed E-state index contributed by atoms with van der Waals surface area (Å²) in [5.74, 6) is -0.0657. The lowest BCUT2D eigenvalue weighted by atomic mass is 10.00. The highest BCUT2D eigenvalue weighted by atomic mass is 16.2. The highest BCUT2D eigenvalue weighted by molar-refractivity contribution is 5.76. The van der Waals surface area contributed by atoms with Crippen LogP contribution in [-0.2, 0) is 24.3 Å². The molecule has 0 aliphatic carbocycles. The third-order valence-electron chi connectivity index (χ3n) is 5.11. The Labute approximate surface area is 152 Å². The fraction of sp³-hybridized carbons (Fsp3) is 0.421. The molecule has 0 saturated carbocycles. The summed E-state index contributed by atoms with van der Waals surface area (Å²) in [5.41, 5.74) is 3.08. The summed E-state index contributed by atoms with van der Waals surface area (Å²) in [6, 6.07) is 9.77. The van der Waals surface area contributed by atoms with Crippen LogP contribution in [0, 0.1) is 0 Å². The number of anilines is 1. The quantitative estimate of drug-likeness (QED) is 0.856. The zero-order chi connectivity index (χ0) is 17.9. The predicted octanol–water partition coefficient (Wildman–Crippen LogP) is 0.238. The number of carbonyl (C=O) groups excluding carboxylic acids is 1. The van der Waals surface area contributed by atoms with Gasteiger partial charge in [-0.05, 0) is 17.5 Å². The van der Waals surface area contributed by atoms with E-state index in [1.165, 1.54) is 15.8 Å². The maximum Gasteiger partial charge on any atom is 0.269 e. The van der Waals surface area contributed by atoms with Crippen molar-refractivity contribution < 1.29 is 4.79 Å². The van der Waals surface area contributed by atoms with E-state index in [-0.39, 0.29) is 18.0 Å². The molecule has 0 radical (unpaired) electrons. The molecule has 1 saturated heterocycles. The number of aromatic nitrogens is 2. The van der Waals surface area contributed by atoms with Crippen LogP contribution in [0.3, 0.4) is 0 Å². The number of hydrogen-bond acceptors (Lipinski definition) is 5. The fourth-order valence-electron chi connectivity index (χ4n) is 3.58. The third-order valence-corrected chi connectivity index (χ3v) is 5.11. The molecule has 3 heterocycles. The van der Waals surface area contributed by atoms with Crippen molar-refractivity contribution in [3.05, 3.63) is 58.0 Å². The van der Waals surface area contributed by atoms with Gasteiger partial charge in [0.25, 0.3) is 5.56 Å². The Morgan fingerprint density at radius 3 is 2.65 bits per heavy atom. The first-order chi connectivity index (χ1) is 12.7. The number of fused-ring (bicyclic) bond motifs is 1. The predicted molar refractivity (Wildman–Crippen MR) is 99.1 cm³/mol. The van der Waals surface area contributed by atoms with Crippen molar-refractivity contribution in [3.63, 3.8) is 0 Å². The molecule has 0 atom stereocenters. The lowest BCUT2D eigenvalue weighted by Crippen LogP contribution is -2.44. The molecule has 1 amide bonds. The van der Waals surface area contributed by atoms with Gasteiger partial charge in [0.05, 0.1) is 11.9 Å². The van der Waals surface area contributed by atoms with E-state index < -0.39 is 0 Å². The Morgan fingerprint density at radius 2 is 1.88 bits per heavy atom. The van der Waals surface area contributed by atoms with E-state index in [9.17, 15) is 9.59 Å². The second-order valence-corrected chi connectivity index (χ2v) is 6.78. The van der Waals surface area contributed by atoms with Gasteiger partial charge in [-0.15, -0.1) is 0 Å². The van der Waals surface area contributed by atoms with Gasteiger partial charge in [0.1, 0.15) is 6.54 Å². The van der Waals surface area contributed by atoms with Gasteiger partial charge in [-0.1, -0.05) is 24.3 Å². The van der Waals surface area contributed by atoms with Crippen molar-refractivity contribution >= 4 is 11.6 Å². The molecule has 26 heavy (non-hydrogen) atoms. The number of carbonyl (C=O) groups is 1. The van der Waals surface area contributed by atoms with Crippen molar-refractivity contribution in [1.82, 2.24) is 20.0 Å². The van der Waals surface area contributed by atoms with Crippen molar-refractivity contribution in [3.8, 4) is 0 Å². The summed E-state index contributed by atoms with van der Waals surface area (Å²) in [6.45, 7) is 4.79. The van der Waals surface area contributed by atoms with Crippen LogP contribution >= 0.6 is 0 Å². The van der Waals surface area contributed by atoms with E-state index in [1.54, 1.807) is 17.2 Å². The molecule has 0 spiro atoms. The summed E-state index contributed by atoms with van der Waals surface area (Å²) in [5, 5.41) is 7.51. The van der Waals surface area contributed by atoms with E-state index in [2.05, 4.69) is 27.4 Å². The number of amides is 1. The molecule has 0 bridgehead atoms. The molecule has 0 unspecified atom stereocenters.